The molecule has 222 valence electrons. The molecule has 2 saturated carbocycles. The van der Waals surface area contributed by atoms with Crippen molar-refractivity contribution in [1.82, 2.24) is 4.57 Å². The lowest BCUT2D eigenvalue weighted by molar-refractivity contribution is -0.120. The molecule has 10 heteroatoms. The molecule has 2 aromatic rings. The Kier molecular flexibility index (Phi) is 7.92. The number of carbonyl (C=O) groups excluding carboxylic acids is 1. The summed E-state index contributed by atoms with van der Waals surface area (Å²) in [5.74, 6) is -0.613. The molecule has 0 bridgehead atoms. The topological polar surface area (TPSA) is 81.9 Å². The van der Waals surface area contributed by atoms with Gasteiger partial charge < -0.3 is 14.6 Å². The molecule has 0 radical (unpaired) electrons. The summed E-state index contributed by atoms with van der Waals surface area (Å²) in [5, 5.41) is 2.86. The summed E-state index contributed by atoms with van der Waals surface area (Å²) < 4.78 is 29.5. The first-order valence-corrected chi connectivity index (χ1v) is 14.8. The van der Waals surface area contributed by atoms with Crippen LogP contribution in [-0.2, 0) is 14.1 Å². The van der Waals surface area contributed by atoms with Crippen molar-refractivity contribution in [2.75, 3.05) is 5.32 Å². The molecule has 1 N–H and O–H groups in total. The highest BCUT2D eigenvalue weighted by Crippen LogP contribution is 2.59. The van der Waals surface area contributed by atoms with Crippen LogP contribution in [0.2, 0.25) is 10.8 Å². The molecule has 2 unspecified atom stereocenters. The summed E-state index contributed by atoms with van der Waals surface area (Å²) in [6.45, 7) is 13.6. The van der Waals surface area contributed by atoms with Crippen molar-refractivity contribution >= 4 is 42.2 Å². The molecule has 2 atom stereocenters. The molecule has 2 heterocycles. The van der Waals surface area contributed by atoms with E-state index in [0.29, 0.717) is 5.69 Å². The number of pyridine rings is 1. The van der Waals surface area contributed by atoms with E-state index in [1.54, 1.807) is 43.6 Å². The molecule has 5 rings (SSSR count). The van der Waals surface area contributed by atoms with Gasteiger partial charge in [-0.15, -0.1) is 0 Å². The number of anilines is 1. The van der Waals surface area contributed by atoms with Gasteiger partial charge in [0.25, 0.3) is 5.56 Å². The van der Waals surface area contributed by atoms with Crippen LogP contribution in [0.4, 0.5) is 10.1 Å². The highest BCUT2D eigenvalue weighted by Gasteiger charge is 2.60. The van der Waals surface area contributed by atoms with Crippen LogP contribution in [0.5, 0.6) is 0 Å². The number of benzene rings is 1. The van der Waals surface area contributed by atoms with Crippen LogP contribution in [0.25, 0.3) is 6.20 Å². The van der Waals surface area contributed by atoms with E-state index in [1.165, 1.54) is 10.6 Å². The van der Waals surface area contributed by atoms with Gasteiger partial charge in [-0.1, -0.05) is 30.7 Å². The van der Waals surface area contributed by atoms with Gasteiger partial charge in [-0.2, -0.15) is 0 Å². The van der Waals surface area contributed by atoms with Gasteiger partial charge in [-0.3, -0.25) is 19.1 Å². The summed E-state index contributed by atoms with van der Waals surface area (Å²) in [6, 6.07) is 6.70. The Morgan fingerprint density at radius 2 is 1.86 bits per heavy atom. The van der Waals surface area contributed by atoms with E-state index in [1.807, 2.05) is 47.6 Å². The minimum atomic E-state index is -0.595. The summed E-state index contributed by atoms with van der Waals surface area (Å²) in [4.78, 5) is 30.4. The molecule has 0 spiro atoms. The maximum absolute atomic E-state index is 15.6. The van der Waals surface area contributed by atoms with Crippen LogP contribution in [0.15, 0.2) is 52.4 Å². The Hall–Kier alpha value is -3.01. The maximum atomic E-state index is 15.6. The smallest absolute Gasteiger partial charge is 0.403 e. The average Bonchev–Trinajstić information content (AvgIpc) is 3.84. The number of allylic oxidation sites excluding steroid dienone is 2. The van der Waals surface area contributed by atoms with Gasteiger partial charge in [-0.05, 0) is 96.6 Å². The summed E-state index contributed by atoms with van der Waals surface area (Å²) >= 11 is 6.65. The third-order valence-electron chi connectivity index (χ3n) is 9.08. The number of nitrogens with one attached hydrogen (secondary N) is 1. The number of rotatable bonds is 8. The third kappa shape index (κ3) is 5.66. The van der Waals surface area contributed by atoms with E-state index in [-0.39, 0.29) is 52.3 Å². The molecule has 42 heavy (non-hydrogen) atoms. The maximum Gasteiger partial charge on any atom is 0.461 e. The second kappa shape index (κ2) is 10.9. The number of aliphatic imine (C=N–C) groups is 1. The van der Waals surface area contributed by atoms with Gasteiger partial charge >= 0.3 is 7.12 Å². The van der Waals surface area contributed by atoms with Gasteiger partial charge in [0.05, 0.1) is 22.6 Å². The van der Waals surface area contributed by atoms with Gasteiger partial charge in [-0.25, -0.2) is 4.39 Å². The quantitative estimate of drug-likeness (QED) is 0.261. The Morgan fingerprint density at radius 3 is 2.48 bits per heavy atom. The van der Waals surface area contributed by atoms with E-state index < -0.39 is 22.4 Å². The monoisotopic (exact) mass is 593 g/mol. The van der Waals surface area contributed by atoms with Crippen molar-refractivity contribution in [3.63, 3.8) is 0 Å². The van der Waals surface area contributed by atoms with Gasteiger partial charge in [0.2, 0.25) is 5.91 Å². The van der Waals surface area contributed by atoms with E-state index in [2.05, 4.69) is 10.3 Å². The molecule has 3 fully saturated rings. The van der Waals surface area contributed by atoms with Crippen molar-refractivity contribution in [3.05, 3.63) is 80.6 Å². The number of hydrogen-bond acceptors (Lipinski definition) is 5. The van der Waals surface area contributed by atoms with Crippen molar-refractivity contribution in [3.8, 4) is 0 Å². The summed E-state index contributed by atoms with van der Waals surface area (Å²) in [6.07, 6.45) is 8.77. The van der Waals surface area contributed by atoms with E-state index >= 15 is 4.39 Å². The molecular weight excluding hydrogens is 556 g/mol. The molecule has 3 aliphatic rings. The van der Waals surface area contributed by atoms with Crippen LogP contribution in [0.1, 0.15) is 83.5 Å². The number of halogens is 2. The molecule has 1 amide bonds. The number of carbonyl (C=O) groups is 1. The van der Waals surface area contributed by atoms with Crippen LogP contribution in [0, 0.1) is 18.2 Å². The van der Waals surface area contributed by atoms with Crippen LogP contribution in [-0.4, -0.2) is 34.5 Å². The van der Waals surface area contributed by atoms with Crippen molar-refractivity contribution < 1.29 is 18.5 Å². The standard InChI is InChI=1S/C32H38BClFN3O4/c1-8-15-36-24(20-10-9-11-25(27(20)35)37-29(40)32(7)13-14-32)12-16-38-19(2)17-22(26(34)28(38)39)21-18-23(21)33-41-30(3,4)31(5,6)42-33/h8-12,15-17,21,23H,13-14,18H2,1-7H3,(H,37,40)/b15-8+,16-12+,36-24-. The third-order valence-corrected chi connectivity index (χ3v) is 9.46. The number of nitrogens with zero attached hydrogens (tertiary/aromatic N) is 2. The molecule has 7 nitrogen and oxygen atoms in total. The first-order chi connectivity index (χ1) is 19.7. The minimum absolute atomic E-state index is 0.0639. The Bertz CT molecular complexity index is 1560. The van der Waals surface area contributed by atoms with Gasteiger partial charge in [0.1, 0.15) is 5.02 Å². The van der Waals surface area contributed by atoms with Crippen molar-refractivity contribution in [2.24, 2.45) is 10.4 Å². The Morgan fingerprint density at radius 1 is 1.19 bits per heavy atom. The lowest BCUT2D eigenvalue weighted by Crippen LogP contribution is -2.41. The Balaban J connectivity index is 1.40. The summed E-state index contributed by atoms with van der Waals surface area (Å²) in [7, 11) is -0.355. The fraction of sp³-hybridized carbons (Fsp3) is 0.469. The zero-order chi connectivity index (χ0) is 30.6. The molecular formula is C32H38BClFN3O4. The molecule has 1 aromatic carbocycles. The zero-order valence-electron chi connectivity index (χ0n) is 25.3. The molecule has 1 saturated heterocycles. The first-order valence-electron chi connectivity index (χ1n) is 14.4. The highest BCUT2D eigenvalue weighted by molar-refractivity contribution is 6.49. The minimum Gasteiger partial charge on any atom is -0.403 e. The van der Waals surface area contributed by atoms with Crippen LogP contribution < -0.4 is 10.9 Å². The predicted octanol–water partition coefficient (Wildman–Crippen LogP) is 7.13. The van der Waals surface area contributed by atoms with E-state index in [4.69, 9.17) is 20.9 Å². The second-order valence-electron chi connectivity index (χ2n) is 12.9. The van der Waals surface area contributed by atoms with E-state index in [9.17, 15) is 9.59 Å². The zero-order valence-corrected chi connectivity index (χ0v) is 26.0. The van der Waals surface area contributed by atoms with Crippen molar-refractivity contribution in [1.29, 1.82) is 0 Å². The molecule has 1 aromatic heterocycles. The van der Waals surface area contributed by atoms with Gasteiger partial charge in [0.15, 0.2) is 5.82 Å². The lowest BCUT2D eigenvalue weighted by atomic mass is 9.79. The average molecular weight is 594 g/mol. The fourth-order valence-corrected chi connectivity index (χ4v) is 5.44. The fourth-order valence-electron chi connectivity index (χ4n) is 5.16. The predicted molar refractivity (Wildman–Crippen MR) is 167 cm³/mol. The number of aromatic nitrogens is 1. The van der Waals surface area contributed by atoms with Crippen molar-refractivity contribution in [2.45, 2.75) is 90.7 Å². The largest absolute Gasteiger partial charge is 0.461 e. The molecule has 2 aliphatic carbocycles. The number of hydrogen-bond donors (Lipinski definition) is 1. The van der Waals surface area contributed by atoms with Crippen LogP contribution in [0.3, 0.4) is 0 Å². The molecule has 1 aliphatic heterocycles. The Labute approximate surface area is 252 Å². The normalized spacial score (nSPS) is 24.0. The lowest BCUT2D eigenvalue weighted by Gasteiger charge is -2.32. The van der Waals surface area contributed by atoms with E-state index in [0.717, 1.165) is 24.8 Å². The summed E-state index contributed by atoms with van der Waals surface area (Å²) in [5.41, 5.74) is 0.370. The first kappa shape index (κ1) is 30.5. The van der Waals surface area contributed by atoms with Gasteiger partial charge in [0, 0.05) is 34.9 Å². The second-order valence-corrected chi connectivity index (χ2v) is 13.2. The SMILES string of the molecule is C/C=C/N=C(/C=C/n1c(C)cc(C2CC2B2OC(C)(C)C(C)(C)O2)c(Cl)c1=O)c1cccc(NC(=O)C2(C)CC2)c1F. The number of amides is 1. The number of aryl methyl sites for hydroxylation is 1. The van der Waals surface area contributed by atoms with Crippen LogP contribution >= 0.6 is 11.6 Å². The highest BCUT2D eigenvalue weighted by atomic mass is 35.5.